The number of carboxylic acids is 2. The van der Waals surface area contributed by atoms with E-state index >= 15 is 0 Å². The van der Waals surface area contributed by atoms with Gasteiger partial charge in [0.2, 0.25) is 0 Å². The Balaban J connectivity index is 2.14. The van der Waals surface area contributed by atoms with E-state index in [1.165, 1.54) is 24.3 Å². The smallest absolute Gasteiger partial charge is 0.327 e. The standard InChI is InChI=1S/C20H14N6O8/c21-6-7-1-3-8(4-2-7)11-12-14(22-19(33)24-16(12)29)26(9(18(31)32)5-10(27)28)15-13(11)17(30)25-20(34)23-15/h1-4,9,11H,5H2,(H,27,28)(H,31,32)(H2,22,24,29,33)(H2,23,25,30,34). The Bertz CT molecular complexity index is 1530. The summed E-state index contributed by atoms with van der Waals surface area (Å²) >= 11 is 0. The van der Waals surface area contributed by atoms with Crippen molar-refractivity contribution in [2.24, 2.45) is 0 Å². The van der Waals surface area contributed by atoms with Gasteiger partial charge in [-0.05, 0) is 17.7 Å². The zero-order valence-electron chi connectivity index (χ0n) is 16.9. The summed E-state index contributed by atoms with van der Waals surface area (Å²) in [6, 6.07) is 5.76. The molecule has 4 rings (SSSR count). The number of carboxylic acid groups (broad SMARTS) is 2. The van der Waals surface area contributed by atoms with Crippen LogP contribution in [0.15, 0.2) is 43.4 Å². The molecule has 14 nitrogen and oxygen atoms in total. The average molecular weight is 466 g/mol. The minimum Gasteiger partial charge on any atom is -0.481 e. The maximum absolute atomic E-state index is 12.9. The monoisotopic (exact) mass is 466 g/mol. The molecule has 1 atom stereocenters. The summed E-state index contributed by atoms with van der Waals surface area (Å²) in [5, 5.41) is 28.1. The number of aromatic nitrogens is 4. The number of hydrogen-bond donors (Lipinski definition) is 6. The van der Waals surface area contributed by atoms with Crippen LogP contribution >= 0.6 is 0 Å². The van der Waals surface area contributed by atoms with Gasteiger partial charge in [-0.15, -0.1) is 0 Å². The van der Waals surface area contributed by atoms with Crippen LogP contribution < -0.4 is 27.4 Å². The molecular formula is C20H14N6O8. The van der Waals surface area contributed by atoms with E-state index in [2.05, 4.69) is 9.97 Å². The molecule has 0 aliphatic carbocycles. The zero-order chi connectivity index (χ0) is 24.7. The summed E-state index contributed by atoms with van der Waals surface area (Å²) in [5.74, 6) is -5.19. The molecule has 1 aromatic carbocycles. The van der Waals surface area contributed by atoms with E-state index in [0.717, 1.165) is 4.90 Å². The highest BCUT2D eigenvalue weighted by Gasteiger charge is 2.43. The Morgan fingerprint density at radius 3 is 1.82 bits per heavy atom. The molecule has 14 heteroatoms. The van der Waals surface area contributed by atoms with E-state index in [9.17, 15) is 39.0 Å². The van der Waals surface area contributed by atoms with Crippen molar-refractivity contribution in [2.75, 3.05) is 4.90 Å². The molecule has 0 radical (unpaired) electrons. The lowest BCUT2D eigenvalue weighted by atomic mass is 9.83. The topological polar surface area (TPSA) is 233 Å². The third-order valence-electron chi connectivity index (χ3n) is 5.31. The average Bonchev–Trinajstić information content (AvgIpc) is 2.76. The number of aliphatic carboxylic acids is 2. The molecular weight excluding hydrogens is 452 g/mol. The van der Waals surface area contributed by atoms with Crippen molar-refractivity contribution in [3.63, 3.8) is 0 Å². The first-order chi connectivity index (χ1) is 16.1. The Hall–Kier alpha value is -5.19. The van der Waals surface area contributed by atoms with Crippen molar-refractivity contribution in [3.8, 4) is 6.07 Å². The lowest BCUT2D eigenvalue weighted by Crippen LogP contribution is -2.48. The number of nitrogens with zero attached hydrogens (tertiary/aromatic N) is 2. The predicted molar refractivity (Wildman–Crippen MR) is 113 cm³/mol. The van der Waals surface area contributed by atoms with Gasteiger partial charge in [-0.25, -0.2) is 14.4 Å². The van der Waals surface area contributed by atoms with Crippen molar-refractivity contribution in [1.29, 1.82) is 5.26 Å². The number of hydrogen-bond acceptors (Lipinski definition) is 8. The molecule has 0 bridgehead atoms. The molecule has 1 aliphatic rings. The Labute approximate surface area is 186 Å². The summed E-state index contributed by atoms with van der Waals surface area (Å²) in [7, 11) is 0. The number of fused-ring (bicyclic) bond motifs is 2. The molecule has 0 spiro atoms. The van der Waals surface area contributed by atoms with Crippen LogP contribution in [-0.2, 0) is 9.59 Å². The molecule has 0 saturated heterocycles. The lowest BCUT2D eigenvalue weighted by molar-refractivity contribution is -0.144. The highest BCUT2D eigenvalue weighted by atomic mass is 16.4. The van der Waals surface area contributed by atoms with Gasteiger partial charge in [-0.1, -0.05) is 12.1 Å². The second-order valence-corrected chi connectivity index (χ2v) is 7.33. The van der Waals surface area contributed by atoms with Crippen molar-refractivity contribution in [1.82, 2.24) is 19.9 Å². The van der Waals surface area contributed by atoms with Crippen LogP contribution in [0.2, 0.25) is 0 Å². The van der Waals surface area contributed by atoms with Gasteiger partial charge in [-0.2, -0.15) is 5.26 Å². The molecule has 1 aliphatic heterocycles. The van der Waals surface area contributed by atoms with Crippen LogP contribution in [0.1, 0.15) is 34.6 Å². The van der Waals surface area contributed by atoms with E-state index < -0.39 is 64.5 Å². The lowest BCUT2D eigenvalue weighted by Gasteiger charge is -2.37. The fourth-order valence-electron chi connectivity index (χ4n) is 3.99. The SMILES string of the molecule is N#Cc1ccc(C2c3c([nH]c(=O)[nH]c3=O)N(C(CC(=O)O)C(=O)O)c3[nH]c(=O)[nH]c(=O)c32)cc1. The van der Waals surface area contributed by atoms with Crippen molar-refractivity contribution >= 4 is 23.6 Å². The number of rotatable bonds is 5. The molecule has 1 unspecified atom stereocenters. The Morgan fingerprint density at radius 1 is 0.912 bits per heavy atom. The van der Waals surface area contributed by atoms with Crippen LogP contribution in [0, 0.1) is 11.3 Å². The molecule has 172 valence electrons. The van der Waals surface area contributed by atoms with Gasteiger partial charge in [-0.3, -0.25) is 39.2 Å². The van der Waals surface area contributed by atoms with Gasteiger partial charge >= 0.3 is 23.3 Å². The summed E-state index contributed by atoms with van der Waals surface area (Å²) < 4.78 is 0. The van der Waals surface area contributed by atoms with Gasteiger partial charge in [0.15, 0.2) is 0 Å². The zero-order valence-corrected chi connectivity index (χ0v) is 16.9. The van der Waals surface area contributed by atoms with Crippen LogP contribution in [-0.4, -0.2) is 48.1 Å². The van der Waals surface area contributed by atoms with Crippen LogP contribution in [0.5, 0.6) is 0 Å². The fourth-order valence-corrected chi connectivity index (χ4v) is 3.99. The molecule has 2 aromatic heterocycles. The maximum atomic E-state index is 12.9. The minimum atomic E-state index is -1.91. The number of aromatic amines is 4. The minimum absolute atomic E-state index is 0.258. The molecule has 6 N–H and O–H groups in total. The highest BCUT2D eigenvalue weighted by Crippen LogP contribution is 2.44. The number of nitrogens with one attached hydrogen (secondary N) is 4. The highest BCUT2D eigenvalue weighted by molar-refractivity contribution is 5.88. The van der Waals surface area contributed by atoms with E-state index in [-0.39, 0.29) is 16.7 Å². The van der Waals surface area contributed by atoms with Gasteiger partial charge in [0.1, 0.15) is 17.7 Å². The van der Waals surface area contributed by atoms with Crippen LogP contribution in [0.3, 0.4) is 0 Å². The van der Waals surface area contributed by atoms with Gasteiger partial charge in [0.05, 0.1) is 35.1 Å². The fraction of sp³-hybridized carbons (Fsp3) is 0.150. The summed E-state index contributed by atoms with van der Waals surface area (Å²) in [5.41, 5.74) is -3.91. The van der Waals surface area contributed by atoms with Crippen molar-refractivity contribution in [3.05, 3.63) is 88.2 Å². The van der Waals surface area contributed by atoms with Crippen LogP contribution in [0.4, 0.5) is 11.6 Å². The molecule has 3 aromatic rings. The Kier molecular flexibility index (Phi) is 5.22. The molecule has 0 fully saturated rings. The quantitative estimate of drug-likeness (QED) is 0.265. The number of nitriles is 1. The van der Waals surface area contributed by atoms with Crippen molar-refractivity contribution in [2.45, 2.75) is 18.4 Å². The van der Waals surface area contributed by atoms with Gasteiger partial charge in [0.25, 0.3) is 11.1 Å². The first-order valence-electron chi connectivity index (χ1n) is 9.59. The molecule has 34 heavy (non-hydrogen) atoms. The van der Waals surface area contributed by atoms with E-state index in [0.29, 0.717) is 5.56 Å². The third kappa shape index (κ3) is 3.56. The number of carbonyl (C=O) groups is 2. The van der Waals surface area contributed by atoms with Crippen molar-refractivity contribution < 1.29 is 19.8 Å². The molecule has 0 saturated carbocycles. The maximum Gasteiger partial charge on any atom is 0.327 e. The van der Waals surface area contributed by atoms with Gasteiger partial charge < -0.3 is 10.2 Å². The number of H-pyrrole nitrogens is 4. The second kappa shape index (κ2) is 8.06. The normalized spacial score (nSPS) is 13.4. The summed E-state index contributed by atoms with van der Waals surface area (Å²) in [4.78, 5) is 82.9. The number of anilines is 2. The van der Waals surface area contributed by atoms with E-state index in [1.807, 2.05) is 16.0 Å². The largest absolute Gasteiger partial charge is 0.481 e. The first-order valence-corrected chi connectivity index (χ1v) is 9.59. The second-order valence-electron chi connectivity index (χ2n) is 7.33. The summed E-state index contributed by atoms with van der Waals surface area (Å²) in [6.07, 6.45) is -1.00. The number of benzene rings is 1. The van der Waals surface area contributed by atoms with Gasteiger partial charge in [0, 0.05) is 0 Å². The first kappa shape index (κ1) is 22.0. The Morgan fingerprint density at radius 2 is 1.41 bits per heavy atom. The molecule has 3 heterocycles. The van der Waals surface area contributed by atoms with E-state index in [4.69, 9.17) is 5.26 Å². The summed E-state index contributed by atoms with van der Waals surface area (Å²) in [6.45, 7) is 0. The molecule has 0 amide bonds. The van der Waals surface area contributed by atoms with E-state index in [1.54, 1.807) is 0 Å². The predicted octanol–water partition coefficient (Wildman–Crippen LogP) is -1.13. The van der Waals surface area contributed by atoms with Crippen LogP contribution in [0.25, 0.3) is 0 Å². The third-order valence-corrected chi connectivity index (χ3v) is 5.31.